The van der Waals surface area contributed by atoms with Crippen LogP contribution in [0, 0.1) is 5.92 Å². The van der Waals surface area contributed by atoms with Crippen molar-refractivity contribution in [3.8, 4) is 0 Å². The molecule has 1 fully saturated rings. The Morgan fingerprint density at radius 1 is 1.71 bits per heavy atom. The molecule has 0 radical (unpaired) electrons. The SMILES string of the molecule is Cn1ncnc1CC(O)(CN)C1CC1. The summed E-state index contributed by atoms with van der Waals surface area (Å²) in [6.45, 7) is 0.296. The second-order valence-corrected chi connectivity index (χ2v) is 4.06. The minimum absolute atomic E-state index is 0.296. The standard InChI is InChI=1S/C9H16N4O/c1-13-8(11-6-12-13)4-9(14,5-10)7-2-3-7/h6-7,14H,2-5,10H2,1H3. The summed E-state index contributed by atoms with van der Waals surface area (Å²) in [5, 5.41) is 14.2. The number of hydrogen-bond donors (Lipinski definition) is 2. The summed E-state index contributed by atoms with van der Waals surface area (Å²) in [7, 11) is 1.83. The highest BCUT2D eigenvalue weighted by atomic mass is 16.3. The van der Waals surface area contributed by atoms with Gasteiger partial charge in [0.15, 0.2) is 0 Å². The summed E-state index contributed by atoms with van der Waals surface area (Å²) in [6, 6.07) is 0. The van der Waals surface area contributed by atoms with Crippen molar-refractivity contribution in [2.24, 2.45) is 18.7 Å². The molecular weight excluding hydrogens is 180 g/mol. The number of hydrogen-bond acceptors (Lipinski definition) is 4. The van der Waals surface area contributed by atoms with Gasteiger partial charge in [-0.3, -0.25) is 4.68 Å². The second kappa shape index (κ2) is 3.33. The van der Waals surface area contributed by atoms with Gasteiger partial charge < -0.3 is 10.8 Å². The van der Waals surface area contributed by atoms with Crippen LogP contribution in [0.25, 0.3) is 0 Å². The smallest absolute Gasteiger partial charge is 0.138 e. The molecule has 1 heterocycles. The molecule has 1 atom stereocenters. The van der Waals surface area contributed by atoms with Gasteiger partial charge in [-0.2, -0.15) is 5.10 Å². The van der Waals surface area contributed by atoms with Gasteiger partial charge in [-0.15, -0.1) is 0 Å². The largest absolute Gasteiger partial charge is 0.388 e. The van der Waals surface area contributed by atoms with Crippen LogP contribution in [-0.2, 0) is 13.5 Å². The van der Waals surface area contributed by atoms with Crippen molar-refractivity contribution in [1.29, 1.82) is 0 Å². The first-order chi connectivity index (χ1) is 6.65. The quantitative estimate of drug-likeness (QED) is 0.678. The summed E-state index contributed by atoms with van der Waals surface area (Å²) >= 11 is 0. The van der Waals surface area contributed by atoms with E-state index in [0.717, 1.165) is 18.7 Å². The van der Waals surface area contributed by atoms with Gasteiger partial charge in [-0.25, -0.2) is 4.98 Å². The zero-order valence-corrected chi connectivity index (χ0v) is 8.35. The molecule has 14 heavy (non-hydrogen) atoms. The maximum Gasteiger partial charge on any atom is 0.138 e. The van der Waals surface area contributed by atoms with Gasteiger partial charge in [0.2, 0.25) is 0 Å². The van der Waals surface area contributed by atoms with Crippen LogP contribution in [0.4, 0.5) is 0 Å². The lowest BCUT2D eigenvalue weighted by Gasteiger charge is -2.25. The van der Waals surface area contributed by atoms with Crippen molar-refractivity contribution < 1.29 is 5.11 Å². The molecule has 0 amide bonds. The van der Waals surface area contributed by atoms with E-state index in [-0.39, 0.29) is 0 Å². The lowest BCUT2D eigenvalue weighted by atomic mass is 9.93. The fourth-order valence-corrected chi connectivity index (χ4v) is 1.76. The van der Waals surface area contributed by atoms with Crippen molar-refractivity contribution >= 4 is 0 Å². The third-order valence-corrected chi connectivity index (χ3v) is 2.96. The highest BCUT2D eigenvalue weighted by Gasteiger charge is 2.43. The molecule has 1 unspecified atom stereocenters. The third-order valence-electron chi connectivity index (χ3n) is 2.96. The van der Waals surface area contributed by atoms with E-state index in [1.54, 1.807) is 4.68 Å². The first kappa shape index (κ1) is 9.61. The summed E-state index contributed by atoms with van der Waals surface area (Å²) in [5.41, 5.74) is 4.83. The summed E-state index contributed by atoms with van der Waals surface area (Å²) in [5.74, 6) is 1.15. The number of rotatable bonds is 4. The average molecular weight is 196 g/mol. The highest BCUT2D eigenvalue weighted by Crippen LogP contribution is 2.40. The van der Waals surface area contributed by atoms with Crippen molar-refractivity contribution in [2.45, 2.75) is 24.9 Å². The van der Waals surface area contributed by atoms with Crippen molar-refractivity contribution in [1.82, 2.24) is 14.8 Å². The Hall–Kier alpha value is -0.940. The fraction of sp³-hybridized carbons (Fsp3) is 0.778. The molecule has 5 nitrogen and oxygen atoms in total. The Morgan fingerprint density at radius 3 is 2.86 bits per heavy atom. The van der Waals surface area contributed by atoms with Crippen LogP contribution in [-0.4, -0.2) is 32.0 Å². The van der Waals surface area contributed by atoms with E-state index < -0.39 is 5.60 Å². The first-order valence-electron chi connectivity index (χ1n) is 4.91. The number of nitrogens with zero attached hydrogens (tertiary/aromatic N) is 3. The number of aliphatic hydroxyl groups is 1. The van der Waals surface area contributed by atoms with Gasteiger partial charge in [0, 0.05) is 20.0 Å². The Kier molecular flexibility index (Phi) is 2.28. The van der Waals surface area contributed by atoms with Crippen LogP contribution in [0.3, 0.4) is 0 Å². The third kappa shape index (κ3) is 1.65. The monoisotopic (exact) mass is 196 g/mol. The number of aryl methyl sites for hydroxylation is 1. The average Bonchev–Trinajstić information content (AvgIpc) is 2.95. The summed E-state index contributed by atoms with van der Waals surface area (Å²) in [6.07, 6.45) is 4.15. The van der Waals surface area contributed by atoms with Crippen LogP contribution in [0.1, 0.15) is 18.7 Å². The van der Waals surface area contributed by atoms with E-state index in [1.807, 2.05) is 7.05 Å². The summed E-state index contributed by atoms with van der Waals surface area (Å²) < 4.78 is 1.68. The lowest BCUT2D eigenvalue weighted by Crippen LogP contribution is -2.42. The molecule has 1 aromatic rings. The van der Waals surface area contributed by atoms with Crippen LogP contribution in [0.2, 0.25) is 0 Å². The van der Waals surface area contributed by atoms with Gasteiger partial charge in [-0.1, -0.05) is 0 Å². The van der Waals surface area contributed by atoms with Crippen molar-refractivity contribution in [3.63, 3.8) is 0 Å². The minimum Gasteiger partial charge on any atom is -0.388 e. The molecule has 1 aromatic heterocycles. The lowest BCUT2D eigenvalue weighted by molar-refractivity contribution is 0.0240. The van der Waals surface area contributed by atoms with Gasteiger partial charge in [0.25, 0.3) is 0 Å². The van der Waals surface area contributed by atoms with Gasteiger partial charge in [-0.05, 0) is 18.8 Å². The molecule has 1 aliphatic rings. The maximum absolute atomic E-state index is 10.2. The van der Waals surface area contributed by atoms with Crippen LogP contribution in [0.5, 0.6) is 0 Å². The molecule has 78 valence electrons. The molecule has 0 aliphatic heterocycles. The molecule has 3 N–H and O–H groups in total. The Bertz CT molecular complexity index is 320. The zero-order valence-electron chi connectivity index (χ0n) is 8.35. The van der Waals surface area contributed by atoms with Crippen molar-refractivity contribution in [2.75, 3.05) is 6.54 Å². The molecule has 2 rings (SSSR count). The first-order valence-corrected chi connectivity index (χ1v) is 4.91. The summed E-state index contributed by atoms with van der Waals surface area (Å²) in [4.78, 5) is 4.10. The predicted molar refractivity (Wildman–Crippen MR) is 51.4 cm³/mol. The molecule has 1 saturated carbocycles. The van der Waals surface area contributed by atoms with E-state index in [9.17, 15) is 5.11 Å². The molecule has 0 spiro atoms. The number of nitrogens with two attached hydrogens (primary N) is 1. The molecule has 0 aromatic carbocycles. The van der Waals surface area contributed by atoms with E-state index in [2.05, 4.69) is 10.1 Å². The second-order valence-electron chi connectivity index (χ2n) is 4.06. The van der Waals surface area contributed by atoms with Gasteiger partial charge in [0.05, 0.1) is 5.60 Å². The Labute approximate surface area is 82.9 Å². The number of aromatic nitrogens is 3. The van der Waals surface area contributed by atoms with Crippen LogP contribution < -0.4 is 5.73 Å². The maximum atomic E-state index is 10.2. The Balaban J connectivity index is 2.11. The van der Waals surface area contributed by atoms with E-state index >= 15 is 0 Å². The molecule has 1 aliphatic carbocycles. The molecule has 0 bridgehead atoms. The minimum atomic E-state index is -0.777. The van der Waals surface area contributed by atoms with E-state index in [1.165, 1.54) is 6.33 Å². The highest BCUT2D eigenvalue weighted by molar-refractivity contribution is 5.02. The Morgan fingerprint density at radius 2 is 2.43 bits per heavy atom. The molecular formula is C9H16N4O. The predicted octanol–water partition coefficient (Wildman–Crippen LogP) is -0.543. The van der Waals surface area contributed by atoms with Crippen molar-refractivity contribution in [3.05, 3.63) is 12.2 Å². The topological polar surface area (TPSA) is 77.0 Å². The van der Waals surface area contributed by atoms with Crippen LogP contribution in [0.15, 0.2) is 6.33 Å². The molecule has 0 saturated heterocycles. The zero-order chi connectivity index (χ0) is 10.2. The van der Waals surface area contributed by atoms with E-state index in [0.29, 0.717) is 18.9 Å². The normalized spacial score (nSPS) is 20.8. The van der Waals surface area contributed by atoms with Gasteiger partial charge in [0.1, 0.15) is 12.2 Å². The van der Waals surface area contributed by atoms with E-state index in [4.69, 9.17) is 5.73 Å². The fourth-order valence-electron chi connectivity index (χ4n) is 1.76. The molecule has 5 heteroatoms. The van der Waals surface area contributed by atoms with Gasteiger partial charge >= 0.3 is 0 Å². The van der Waals surface area contributed by atoms with Crippen LogP contribution >= 0.6 is 0 Å².